The van der Waals surface area contributed by atoms with E-state index in [9.17, 15) is 9.59 Å². The van der Waals surface area contributed by atoms with Crippen LogP contribution in [0.4, 0.5) is 0 Å². The molecular weight excluding hydrogens is 531 g/mol. The first kappa shape index (κ1) is 27.5. The summed E-state index contributed by atoms with van der Waals surface area (Å²) in [6.07, 6.45) is 1.42. The van der Waals surface area contributed by atoms with Gasteiger partial charge in [0.25, 0.3) is 5.91 Å². The van der Waals surface area contributed by atoms with Gasteiger partial charge in [0.15, 0.2) is 6.61 Å². The Morgan fingerprint density at radius 3 is 2.46 bits per heavy atom. The van der Waals surface area contributed by atoms with Gasteiger partial charge in [-0.05, 0) is 78.7 Å². The van der Waals surface area contributed by atoms with Crippen LogP contribution in [0.3, 0.4) is 0 Å². The Balaban J connectivity index is 1.49. The molecule has 0 bridgehead atoms. The number of halogens is 2. The summed E-state index contributed by atoms with van der Waals surface area (Å²) in [5.74, 6) is 0.186. The summed E-state index contributed by atoms with van der Waals surface area (Å²) >= 11 is 13.8. The van der Waals surface area contributed by atoms with Crippen LogP contribution >= 0.6 is 34.5 Å². The molecule has 1 aromatic heterocycles. The van der Waals surface area contributed by atoms with Crippen LogP contribution in [0.1, 0.15) is 35.4 Å². The lowest BCUT2D eigenvalue weighted by atomic mass is 9.93. The zero-order chi connectivity index (χ0) is 26.2. The Hall–Kier alpha value is -2.58. The number of fused-ring (bicyclic) bond motifs is 1. The minimum absolute atomic E-state index is 0.0293. The van der Waals surface area contributed by atoms with Crippen molar-refractivity contribution in [3.63, 3.8) is 0 Å². The average molecular weight is 562 g/mol. The van der Waals surface area contributed by atoms with Gasteiger partial charge in [-0.1, -0.05) is 35.3 Å². The molecule has 3 aromatic rings. The van der Waals surface area contributed by atoms with E-state index in [0.717, 1.165) is 17.5 Å². The maximum Gasteiger partial charge on any atom is 0.260 e. The number of carbonyl (C=O) groups excluding carboxylic acids is 2. The number of amides is 2. The highest BCUT2D eigenvalue weighted by Gasteiger charge is 2.34. The van der Waals surface area contributed by atoms with Gasteiger partial charge in [0, 0.05) is 41.2 Å². The molecule has 1 aliphatic heterocycles. The van der Waals surface area contributed by atoms with E-state index in [-0.39, 0.29) is 31.0 Å². The topological polar surface area (TPSA) is 59.1 Å². The van der Waals surface area contributed by atoms with Crippen LogP contribution in [0, 0.1) is 0 Å². The second-order valence-corrected chi connectivity index (χ2v) is 10.6. The van der Waals surface area contributed by atoms with E-state index in [1.165, 1.54) is 4.88 Å². The summed E-state index contributed by atoms with van der Waals surface area (Å²) in [5, 5.41) is 3.31. The minimum atomic E-state index is -0.254. The molecule has 0 spiro atoms. The number of ether oxygens (including phenoxy) is 2. The third-order valence-electron chi connectivity index (χ3n) is 6.25. The number of carbonyl (C=O) groups is 2. The Morgan fingerprint density at radius 2 is 1.76 bits per heavy atom. The monoisotopic (exact) mass is 560 g/mol. The van der Waals surface area contributed by atoms with Crippen molar-refractivity contribution in [3.05, 3.63) is 86.0 Å². The van der Waals surface area contributed by atoms with E-state index >= 15 is 0 Å². The van der Waals surface area contributed by atoms with Crippen molar-refractivity contribution in [2.75, 3.05) is 39.5 Å². The van der Waals surface area contributed by atoms with E-state index in [1.54, 1.807) is 40.5 Å². The highest BCUT2D eigenvalue weighted by Crippen LogP contribution is 2.38. The third kappa shape index (κ3) is 7.26. The number of benzene rings is 2. The van der Waals surface area contributed by atoms with Crippen molar-refractivity contribution < 1.29 is 19.1 Å². The van der Waals surface area contributed by atoms with Gasteiger partial charge in [-0.3, -0.25) is 9.59 Å². The number of hydrogen-bond acceptors (Lipinski definition) is 5. The molecule has 0 fully saturated rings. The summed E-state index contributed by atoms with van der Waals surface area (Å²) in [4.78, 5) is 31.6. The molecule has 4 rings (SSSR count). The molecule has 6 nitrogen and oxygen atoms in total. The predicted molar refractivity (Wildman–Crippen MR) is 148 cm³/mol. The molecule has 0 saturated heterocycles. The molecule has 0 N–H and O–H groups in total. The van der Waals surface area contributed by atoms with Crippen LogP contribution in [0.15, 0.2) is 60.0 Å². The molecule has 196 valence electrons. The molecule has 2 amide bonds. The second kappa shape index (κ2) is 13.3. The van der Waals surface area contributed by atoms with Crippen LogP contribution in [0.5, 0.6) is 5.75 Å². The lowest BCUT2D eigenvalue weighted by Gasteiger charge is -2.37. The van der Waals surface area contributed by atoms with Crippen molar-refractivity contribution in [1.29, 1.82) is 0 Å². The van der Waals surface area contributed by atoms with Gasteiger partial charge in [0.2, 0.25) is 5.91 Å². The van der Waals surface area contributed by atoms with Gasteiger partial charge in [0.05, 0.1) is 12.6 Å². The molecule has 9 heteroatoms. The summed E-state index contributed by atoms with van der Waals surface area (Å²) in [5.41, 5.74) is 2.13. The first-order valence-electron chi connectivity index (χ1n) is 12.3. The largest absolute Gasteiger partial charge is 0.484 e. The first-order valence-corrected chi connectivity index (χ1v) is 13.9. The highest BCUT2D eigenvalue weighted by molar-refractivity contribution is 7.10. The lowest BCUT2D eigenvalue weighted by Crippen LogP contribution is -2.48. The van der Waals surface area contributed by atoms with Crippen LogP contribution < -0.4 is 4.74 Å². The molecular formula is C28H30Cl2N2O4S. The predicted octanol–water partition coefficient (Wildman–Crippen LogP) is 5.86. The fraction of sp³-hybridized carbons (Fsp3) is 0.357. The Labute approximate surface area is 231 Å². The molecule has 1 aliphatic rings. The van der Waals surface area contributed by atoms with Crippen molar-refractivity contribution in [2.24, 2.45) is 0 Å². The van der Waals surface area contributed by atoms with Crippen molar-refractivity contribution in [3.8, 4) is 5.75 Å². The number of rotatable bonds is 11. The highest BCUT2D eigenvalue weighted by atomic mass is 35.5. The van der Waals surface area contributed by atoms with Gasteiger partial charge in [-0.2, -0.15) is 0 Å². The van der Waals surface area contributed by atoms with Crippen LogP contribution in [0.2, 0.25) is 10.0 Å². The molecule has 1 atom stereocenters. The lowest BCUT2D eigenvalue weighted by molar-refractivity contribution is -0.143. The van der Waals surface area contributed by atoms with E-state index in [2.05, 4.69) is 11.4 Å². The molecule has 0 saturated carbocycles. The SMILES string of the molecule is CCOCCCN(CC(=O)N1CCc2sccc2C1c1ccc(Cl)cc1)C(=O)COc1ccc(Cl)cc1. The van der Waals surface area contributed by atoms with Gasteiger partial charge in [0.1, 0.15) is 5.75 Å². The fourth-order valence-corrected chi connectivity index (χ4v) is 5.56. The normalized spacial score (nSPS) is 14.8. The van der Waals surface area contributed by atoms with Crippen molar-refractivity contribution >= 4 is 46.4 Å². The van der Waals surface area contributed by atoms with E-state index in [0.29, 0.717) is 48.5 Å². The van der Waals surface area contributed by atoms with E-state index in [4.69, 9.17) is 32.7 Å². The van der Waals surface area contributed by atoms with E-state index < -0.39 is 0 Å². The molecule has 2 aromatic carbocycles. The number of nitrogens with zero attached hydrogens (tertiary/aromatic N) is 2. The molecule has 1 unspecified atom stereocenters. The zero-order valence-electron chi connectivity index (χ0n) is 20.7. The van der Waals surface area contributed by atoms with Crippen LogP contribution in [0.25, 0.3) is 0 Å². The first-order chi connectivity index (χ1) is 18.0. The Bertz CT molecular complexity index is 1180. The van der Waals surface area contributed by atoms with Gasteiger partial charge >= 0.3 is 0 Å². The second-order valence-electron chi connectivity index (χ2n) is 8.70. The van der Waals surface area contributed by atoms with Crippen LogP contribution in [-0.4, -0.2) is 61.1 Å². The van der Waals surface area contributed by atoms with Gasteiger partial charge in [-0.15, -0.1) is 11.3 Å². The standard InChI is InChI=1S/C28H30Cl2N2O4S/c1-2-35-16-3-14-31(27(34)19-36-23-10-8-22(30)9-11-23)18-26(33)32-15-12-25-24(13-17-37-25)28(32)20-4-6-21(29)7-5-20/h4-11,13,17,28H,2-3,12,14-16,18-19H2,1H3. The molecule has 0 radical (unpaired) electrons. The van der Waals surface area contributed by atoms with Crippen molar-refractivity contribution in [1.82, 2.24) is 9.80 Å². The Kier molecular flexibility index (Phi) is 9.86. The Morgan fingerprint density at radius 1 is 1.05 bits per heavy atom. The average Bonchev–Trinajstić information content (AvgIpc) is 3.39. The van der Waals surface area contributed by atoms with Gasteiger partial charge in [-0.25, -0.2) is 0 Å². The third-order valence-corrected chi connectivity index (χ3v) is 7.75. The van der Waals surface area contributed by atoms with Crippen LogP contribution in [-0.2, 0) is 20.7 Å². The van der Waals surface area contributed by atoms with Gasteiger partial charge < -0.3 is 19.3 Å². The smallest absolute Gasteiger partial charge is 0.260 e. The van der Waals surface area contributed by atoms with Crippen molar-refractivity contribution in [2.45, 2.75) is 25.8 Å². The molecule has 0 aliphatic carbocycles. The number of hydrogen-bond donors (Lipinski definition) is 0. The van der Waals surface area contributed by atoms with E-state index in [1.807, 2.05) is 36.1 Å². The molecule has 2 heterocycles. The number of thiophene rings is 1. The zero-order valence-corrected chi connectivity index (χ0v) is 23.0. The summed E-state index contributed by atoms with van der Waals surface area (Å²) in [6, 6.07) is 16.3. The summed E-state index contributed by atoms with van der Waals surface area (Å²) in [6.45, 7) is 3.84. The molecule has 37 heavy (non-hydrogen) atoms. The quantitative estimate of drug-likeness (QED) is 0.275. The maximum absolute atomic E-state index is 13.7. The summed E-state index contributed by atoms with van der Waals surface area (Å²) < 4.78 is 11.1. The maximum atomic E-state index is 13.7. The summed E-state index contributed by atoms with van der Waals surface area (Å²) in [7, 11) is 0. The fourth-order valence-electron chi connectivity index (χ4n) is 4.40. The minimum Gasteiger partial charge on any atom is -0.484 e.